The SMILES string of the molecule is Cc1ccc(-c2nc(-c3ccc(C)cc3)nc(-c3ccc4c(c3)-c3cc(-c5cccc6c5-c5ccccc5C65C6CC7CC(C6)CC5C7)ccc3C4(c3ccccc3)c3ccccc3)n2)cc1. The molecule has 1 heterocycles. The highest BCUT2D eigenvalue weighted by atomic mass is 15.0. The molecule has 67 heavy (non-hydrogen) atoms. The zero-order valence-corrected chi connectivity index (χ0v) is 38.1. The fourth-order valence-electron chi connectivity index (χ4n) is 14.4. The molecule has 0 amide bonds. The normalized spacial score (nSPS) is 22.1. The van der Waals surface area contributed by atoms with Crippen molar-refractivity contribution >= 4 is 0 Å². The van der Waals surface area contributed by atoms with Crippen molar-refractivity contribution < 1.29 is 0 Å². The Morgan fingerprint density at radius 1 is 0.358 bits per heavy atom. The summed E-state index contributed by atoms with van der Waals surface area (Å²) >= 11 is 0. The summed E-state index contributed by atoms with van der Waals surface area (Å²) in [6.07, 6.45) is 6.97. The number of aromatic nitrogens is 3. The largest absolute Gasteiger partial charge is 0.208 e. The number of fused-ring (bicyclic) bond motifs is 6. The van der Waals surface area contributed by atoms with Crippen LogP contribution < -0.4 is 0 Å². The van der Waals surface area contributed by atoms with Crippen molar-refractivity contribution in [3.8, 4) is 67.5 Å². The maximum atomic E-state index is 5.26. The molecule has 6 aliphatic rings. The molecule has 4 bridgehead atoms. The molecule has 15 rings (SSSR count). The van der Waals surface area contributed by atoms with Crippen molar-refractivity contribution in [1.82, 2.24) is 15.0 Å². The predicted molar refractivity (Wildman–Crippen MR) is 272 cm³/mol. The van der Waals surface area contributed by atoms with Gasteiger partial charge in [0.15, 0.2) is 17.5 Å². The molecule has 3 heteroatoms. The van der Waals surface area contributed by atoms with Gasteiger partial charge in [-0.1, -0.05) is 187 Å². The van der Waals surface area contributed by atoms with E-state index in [1.165, 1.54) is 98.9 Å². The molecule has 1 aromatic heterocycles. The zero-order chi connectivity index (χ0) is 44.4. The third-order valence-electron chi connectivity index (χ3n) is 17.0. The molecule has 8 aromatic carbocycles. The van der Waals surface area contributed by atoms with E-state index >= 15 is 0 Å². The third kappa shape index (κ3) is 5.61. The molecular weight excluding hydrogens is 811 g/mol. The van der Waals surface area contributed by atoms with Gasteiger partial charge in [-0.15, -0.1) is 0 Å². The fraction of sp³-hybridized carbons (Fsp3) is 0.203. The van der Waals surface area contributed by atoms with E-state index in [1.807, 2.05) is 0 Å². The number of nitrogens with zero attached hydrogens (tertiary/aromatic N) is 3. The van der Waals surface area contributed by atoms with E-state index in [0.29, 0.717) is 17.5 Å². The second-order valence-corrected chi connectivity index (χ2v) is 20.5. The van der Waals surface area contributed by atoms with Gasteiger partial charge in [0.2, 0.25) is 0 Å². The number of benzene rings is 8. The van der Waals surface area contributed by atoms with E-state index in [-0.39, 0.29) is 5.41 Å². The number of hydrogen-bond acceptors (Lipinski definition) is 3. The minimum Gasteiger partial charge on any atom is -0.208 e. The molecule has 0 aliphatic heterocycles. The minimum atomic E-state index is -0.543. The van der Waals surface area contributed by atoms with Gasteiger partial charge in [0, 0.05) is 22.1 Å². The summed E-state index contributed by atoms with van der Waals surface area (Å²) in [6, 6.07) is 70.5. The molecule has 3 nitrogen and oxygen atoms in total. The van der Waals surface area contributed by atoms with Gasteiger partial charge < -0.3 is 0 Å². The zero-order valence-electron chi connectivity index (χ0n) is 38.1. The van der Waals surface area contributed by atoms with E-state index in [2.05, 4.69) is 202 Å². The maximum absolute atomic E-state index is 5.26. The molecule has 1 spiro atoms. The second-order valence-electron chi connectivity index (χ2n) is 20.5. The summed E-state index contributed by atoms with van der Waals surface area (Å²) in [5, 5.41) is 0. The number of hydrogen-bond donors (Lipinski definition) is 0. The van der Waals surface area contributed by atoms with Crippen LogP contribution in [-0.4, -0.2) is 15.0 Å². The van der Waals surface area contributed by atoms with Crippen molar-refractivity contribution in [3.63, 3.8) is 0 Å². The van der Waals surface area contributed by atoms with Crippen LogP contribution in [-0.2, 0) is 10.8 Å². The number of aryl methyl sites for hydroxylation is 2. The van der Waals surface area contributed by atoms with Gasteiger partial charge in [0.25, 0.3) is 0 Å². The Labute approximate surface area is 393 Å². The highest BCUT2D eigenvalue weighted by molar-refractivity contribution is 5.96. The molecule has 4 saturated carbocycles. The summed E-state index contributed by atoms with van der Waals surface area (Å²) in [5.41, 5.74) is 21.1. The average Bonchev–Trinajstić information content (AvgIpc) is 3.84. The Balaban J connectivity index is 0.999. The highest BCUT2D eigenvalue weighted by Gasteiger charge is 2.61. The molecular formula is C64H51N3. The second kappa shape index (κ2) is 14.6. The van der Waals surface area contributed by atoms with Crippen LogP contribution in [0, 0.1) is 37.5 Å². The Bertz CT molecular complexity index is 3290. The summed E-state index contributed by atoms with van der Waals surface area (Å²) in [5.74, 6) is 5.25. The van der Waals surface area contributed by atoms with Gasteiger partial charge >= 0.3 is 0 Å². The Morgan fingerprint density at radius 3 is 1.37 bits per heavy atom. The average molecular weight is 862 g/mol. The van der Waals surface area contributed by atoms with Crippen molar-refractivity contribution in [3.05, 3.63) is 233 Å². The number of rotatable bonds is 6. The van der Waals surface area contributed by atoms with Crippen LogP contribution in [0.2, 0.25) is 0 Å². The lowest BCUT2D eigenvalue weighted by atomic mass is 9.43. The van der Waals surface area contributed by atoms with Crippen LogP contribution in [0.4, 0.5) is 0 Å². The molecule has 6 aliphatic carbocycles. The molecule has 0 unspecified atom stereocenters. The van der Waals surface area contributed by atoms with E-state index in [0.717, 1.165) is 40.4 Å². The summed E-state index contributed by atoms with van der Waals surface area (Å²) in [4.78, 5) is 15.6. The van der Waals surface area contributed by atoms with Crippen LogP contribution in [0.1, 0.15) is 76.6 Å². The van der Waals surface area contributed by atoms with Crippen LogP contribution >= 0.6 is 0 Å². The first-order valence-corrected chi connectivity index (χ1v) is 24.5. The molecule has 4 fully saturated rings. The monoisotopic (exact) mass is 861 g/mol. The summed E-state index contributed by atoms with van der Waals surface area (Å²) in [6.45, 7) is 4.23. The molecule has 0 saturated heterocycles. The molecule has 322 valence electrons. The predicted octanol–water partition coefficient (Wildman–Crippen LogP) is 15.2. The minimum absolute atomic E-state index is 0.114. The van der Waals surface area contributed by atoms with E-state index < -0.39 is 5.41 Å². The van der Waals surface area contributed by atoms with Gasteiger partial charge in [-0.2, -0.15) is 0 Å². The van der Waals surface area contributed by atoms with E-state index in [9.17, 15) is 0 Å². The van der Waals surface area contributed by atoms with Crippen LogP contribution in [0.25, 0.3) is 67.5 Å². The van der Waals surface area contributed by atoms with Crippen molar-refractivity contribution in [1.29, 1.82) is 0 Å². The van der Waals surface area contributed by atoms with Gasteiger partial charge in [-0.05, 0) is 149 Å². The third-order valence-corrected chi connectivity index (χ3v) is 17.0. The topological polar surface area (TPSA) is 38.7 Å². The van der Waals surface area contributed by atoms with Gasteiger partial charge in [0.05, 0.1) is 5.41 Å². The van der Waals surface area contributed by atoms with Gasteiger partial charge in [0.1, 0.15) is 0 Å². The van der Waals surface area contributed by atoms with Crippen molar-refractivity contribution in [2.45, 2.75) is 56.8 Å². The lowest BCUT2D eigenvalue weighted by molar-refractivity contribution is -0.0399. The first kappa shape index (κ1) is 39.0. The molecule has 9 aromatic rings. The Kier molecular flexibility index (Phi) is 8.51. The lowest BCUT2D eigenvalue weighted by Gasteiger charge is -2.61. The van der Waals surface area contributed by atoms with Crippen LogP contribution in [0.15, 0.2) is 188 Å². The molecule has 0 radical (unpaired) electrons. The highest BCUT2D eigenvalue weighted by Crippen LogP contribution is 2.70. The van der Waals surface area contributed by atoms with Crippen molar-refractivity contribution in [2.24, 2.45) is 23.7 Å². The molecule has 0 atom stereocenters. The standard InChI is InChI=1S/C64H51N3/c1-39-20-24-43(25-21-39)60-65-61(44-26-22-40(2)23-27-44)67-62(66-60)46-29-31-57-54(38-46)53-37-45(28-30-56(53)63(57,47-12-5-3-6-13-47)48-14-7-4-8-15-48)51-17-11-19-58-59(51)52-16-9-10-18-55(52)64(58)49-33-41-32-42(35-49)36-50(64)34-41/h3-31,37-38,41-42,49-50H,32-36H2,1-2H3. The van der Waals surface area contributed by atoms with Gasteiger partial charge in [-0.25, -0.2) is 15.0 Å². The fourth-order valence-corrected chi connectivity index (χ4v) is 14.4. The first-order chi connectivity index (χ1) is 33.0. The van der Waals surface area contributed by atoms with Gasteiger partial charge in [-0.3, -0.25) is 0 Å². The quantitative estimate of drug-likeness (QED) is 0.167. The molecule has 0 N–H and O–H groups in total. The maximum Gasteiger partial charge on any atom is 0.164 e. The Hall–Kier alpha value is -7.23. The smallest absolute Gasteiger partial charge is 0.164 e. The van der Waals surface area contributed by atoms with Crippen LogP contribution in [0.5, 0.6) is 0 Å². The van der Waals surface area contributed by atoms with Crippen molar-refractivity contribution in [2.75, 3.05) is 0 Å². The Morgan fingerprint density at radius 2 is 0.806 bits per heavy atom. The summed E-state index contributed by atoms with van der Waals surface area (Å²) in [7, 11) is 0. The van der Waals surface area contributed by atoms with Crippen LogP contribution in [0.3, 0.4) is 0 Å². The lowest BCUT2D eigenvalue weighted by Crippen LogP contribution is -2.55. The summed E-state index contributed by atoms with van der Waals surface area (Å²) < 4.78 is 0. The van der Waals surface area contributed by atoms with E-state index in [4.69, 9.17) is 15.0 Å². The first-order valence-electron chi connectivity index (χ1n) is 24.5. The van der Waals surface area contributed by atoms with E-state index in [1.54, 1.807) is 11.1 Å².